The largest absolute Gasteiger partial charge is 0.337 e. The molecule has 0 aromatic carbocycles. The van der Waals surface area contributed by atoms with Gasteiger partial charge in [0.15, 0.2) is 0 Å². The minimum atomic E-state index is 0.0675. The standard InChI is InChI=1S/C11H18N4O/c1-3-10-9(7-14(2)13-10)11(16)15-5-4-8(12)6-15/h7-8H,3-6,12H2,1-2H3/t8-/m1/s1. The van der Waals surface area contributed by atoms with Gasteiger partial charge in [-0.2, -0.15) is 5.10 Å². The lowest BCUT2D eigenvalue weighted by Crippen LogP contribution is -2.32. The summed E-state index contributed by atoms with van der Waals surface area (Å²) in [6.45, 7) is 3.43. The van der Waals surface area contributed by atoms with Crippen LogP contribution in [-0.4, -0.2) is 39.7 Å². The van der Waals surface area contributed by atoms with E-state index >= 15 is 0 Å². The molecule has 16 heavy (non-hydrogen) atoms. The molecule has 1 aromatic heterocycles. The van der Waals surface area contributed by atoms with Crippen LogP contribution in [0.1, 0.15) is 29.4 Å². The molecule has 1 aliphatic rings. The lowest BCUT2D eigenvalue weighted by molar-refractivity contribution is 0.0790. The van der Waals surface area contributed by atoms with Crippen LogP contribution in [0.25, 0.3) is 0 Å². The molecule has 1 fully saturated rings. The highest BCUT2D eigenvalue weighted by Crippen LogP contribution is 2.15. The molecule has 1 amide bonds. The van der Waals surface area contributed by atoms with Crippen molar-refractivity contribution in [3.8, 4) is 0 Å². The Labute approximate surface area is 95.2 Å². The number of aryl methyl sites for hydroxylation is 2. The quantitative estimate of drug-likeness (QED) is 0.775. The highest BCUT2D eigenvalue weighted by atomic mass is 16.2. The summed E-state index contributed by atoms with van der Waals surface area (Å²) in [6, 6.07) is 0.130. The molecule has 1 atom stereocenters. The van der Waals surface area contributed by atoms with E-state index in [0.717, 1.165) is 30.6 Å². The van der Waals surface area contributed by atoms with Gasteiger partial charge in [-0.1, -0.05) is 6.92 Å². The fraction of sp³-hybridized carbons (Fsp3) is 0.636. The Hall–Kier alpha value is -1.36. The van der Waals surface area contributed by atoms with Crippen molar-refractivity contribution in [1.82, 2.24) is 14.7 Å². The number of nitrogens with two attached hydrogens (primary N) is 1. The van der Waals surface area contributed by atoms with Gasteiger partial charge in [-0.25, -0.2) is 0 Å². The van der Waals surface area contributed by atoms with Crippen molar-refractivity contribution in [2.24, 2.45) is 12.8 Å². The number of aromatic nitrogens is 2. The lowest BCUT2D eigenvalue weighted by atomic mass is 10.2. The molecule has 1 aliphatic heterocycles. The van der Waals surface area contributed by atoms with E-state index in [9.17, 15) is 4.79 Å². The van der Waals surface area contributed by atoms with Gasteiger partial charge in [0.1, 0.15) is 0 Å². The molecule has 0 spiro atoms. The fourth-order valence-corrected chi connectivity index (χ4v) is 2.12. The number of carbonyl (C=O) groups is 1. The maximum absolute atomic E-state index is 12.2. The van der Waals surface area contributed by atoms with Gasteiger partial charge in [-0.3, -0.25) is 9.48 Å². The average Bonchev–Trinajstić information content (AvgIpc) is 2.83. The van der Waals surface area contributed by atoms with E-state index in [-0.39, 0.29) is 11.9 Å². The number of likely N-dealkylation sites (tertiary alicyclic amines) is 1. The van der Waals surface area contributed by atoms with Gasteiger partial charge in [0.25, 0.3) is 5.91 Å². The van der Waals surface area contributed by atoms with Gasteiger partial charge >= 0.3 is 0 Å². The molecule has 0 radical (unpaired) electrons. The van der Waals surface area contributed by atoms with E-state index < -0.39 is 0 Å². The number of carbonyl (C=O) groups excluding carboxylic acids is 1. The Kier molecular flexibility index (Phi) is 2.96. The molecule has 0 unspecified atom stereocenters. The SMILES string of the molecule is CCc1nn(C)cc1C(=O)N1CC[C@@H](N)C1. The van der Waals surface area contributed by atoms with Crippen molar-refractivity contribution >= 4 is 5.91 Å². The lowest BCUT2D eigenvalue weighted by Gasteiger charge is -2.15. The molecule has 0 bridgehead atoms. The molecule has 0 saturated carbocycles. The summed E-state index contributed by atoms with van der Waals surface area (Å²) >= 11 is 0. The van der Waals surface area contributed by atoms with Crippen LogP contribution < -0.4 is 5.73 Å². The molecule has 88 valence electrons. The van der Waals surface area contributed by atoms with Gasteiger partial charge in [0.05, 0.1) is 11.3 Å². The van der Waals surface area contributed by atoms with Gasteiger partial charge in [-0.15, -0.1) is 0 Å². The highest BCUT2D eigenvalue weighted by molar-refractivity contribution is 5.95. The zero-order chi connectivity index (χ0) is 11.7. The zero-order valence-corrected chi connectivity index (χ0v) is 9.81. The van der Waals surface area contributed by atoms with Crippen molar-refractivity contribution in [2.75, 3.05) is 13.1 Å². The van der Waals surface area contributed by atoms with E-state index in [1.165, 1.54) is 0 Å². The molecule has 1 saturated heterocycles. The van der Waals surface area contributed by atoms with Crippen LogP contribution in [0.2, 0.25) is 0 Å². The average molecular weight is 222 g/mol. The van der Waals surface area contributed by atoms with Crippen LogP contribution in [0.5, 0.6) is 0 Å². The molecule has 2 rings (SSSR count). The Bertz CT molecular complexity index is 399. The van der Waals surface area contributed by atoms with Gasteiger partial charge in [0.2, 0.25) is 0 Å². The van der Waals surface area contributed by atoms with Crippen LogP contribution in [-0.2, 0) is 13.5 Å². The van der Waals surface area contributed by atoms with E-state index in [2.05, 4.69) is 5.10 Å². The fourth-order valence-electron chi connectivity index (χ4n) is 2.12. The summed E-state index contributed by atoms with van der Waals surface area (Å²) in [5, 5.41) is 4.28. The third kappa shape index (κ3) is 1.95. The number of hydrogen-bond acceptors (Lipinski definition) is 3. The zero-order valence-electron chi connectivity index (χ0n) is 9.81. The summed E-state index contributed by atoms with van der Waals surface area (Å²) in [5.41, 5.74) is 7.39. The number of rotatable bonds is 2. The molecule has 2 heterocycles. The summed E-state index contributed by atoms with van der Waals surface area (Å²) < 4.78 is 1.70. The van der Waals surface area contributed by atoms with Crippen LogP contribution in [0.3, 0.4) is 0 Å². The molecule has 1 aromatic rings. The monoisotopic (exact) mass is 222 g/mol. The first-order valence-corrected chi connectivity index (χ1v) is 5.69. The summed E-state index contributed by atoms with van der Waals surface area (Å²) in [6.07, 6.45) is 3.47. The Morgan fingerprint density at radius 3 is 3.00 bits per heavy atom. The van der Waals surface area contributed by atoms with Crippen molar-refractivity contribution in [3.63, 3.8) is 0 Å². The maximum atomic E-state index is 12.2. The van der Waals surface area contributed by atoms with E-state index in [0.29, 0.717) is 6.54 Å². The van der Waals surface area contributed by atoms with Crippen molar-refractivity contribution in [2.45, 2.75) is 25.8 Å². The first-order chi connectivity index (χ1) is 7.61. The molecular formula is C11H18N4O. The van der Waals surface area contributed by atoms with Gasteiger partial charge in [0, 0.05) is 32.4 Å². The molecule has 0 aliphatic carbocycles. The van der Waals surface area contributed by atoms with E-state index in [1.807, 2.05) is 18.9 Å². The molecule has 2 N–H and O–H groups in total. The Morgan fingerprint density at radius 2 is 2.44 bits per heavy atom. The first-order valence-electron chi connectivity index (χ1n) is 5.69. The van der Waals surface area contributed by atoms with E-state index in [1.54, 1.807) is 10.9 Å². The van der Waals surface area contributed by atoms with Crippen LogP contribution in [0.15, 0.2) is 6.20 Å². The predicted molar refractivity (Wildman–Crippen MR) is 61.1 cm³/mol. The summed E-state index contributed by atoms with van der Waals surface area (Å²) in [7, 11) is 1.84. The number of nitrogens with zero attached hydrogens (tertiary/aromatic N) is 3. The van der Waals surface area contributed by atoms with Crippen LogP contribution in [0, 0.1) is 0 Å². The third-order valence-electron chi connectivity index (χ3n) is 2.98. The minimum Gasteiger partial charge on any atom is -0.337 e. The van der Waals surface area contributed by atoms with Crippen molar-refractivity contribution in [1.29, 1.82) is 0 Å². The molecule has 5 heteroatoms. The van der Waals surface area contributed by atoms with E-state index in [4.69, 9.17) is 5.73 Å². The summed E-state index contributed by atoms with van der Waals surface area (Å²) in [4.78, 5) is 14.0. The Morgan fingerprint density at radius 1 is 1.69 bits per heavy atom. The van der Waals surface area contributed by atoms with Crippen LogP contribution >= 0.6 is 0 Å². The smallest absolute Gasteiger partial charge is 0.257 e. The second-order valence-electron chi connectivity index (χ2n) is 4.32. The summed E-state index contributed by atoms with van der Waals surface area (Å²) in [5.74, 6) is 0.0675. The number of hydrogen-bond donors (Lipinski definition) is 1. The van der Waals surface area contributed by atoms with Crippen LogP contribution in [0.4, 0.5) is 0 Å². The predicted octanol–water partition coefficient (Wildman–Crippen LogP) is 0.156. The first kappa shape index (κ1) is 11.1. The number of amides is 1. The van der Waals surface area contributed by atoms with Gasteiger partial charge in [-0.05, 0) is 12.8 Å². The topological polar surface area (TPSA) is 64.2 Å². The molecular weight excluding hydrogens is 204 g/mol. The Balaban J connectivity index is 2.20. The highest BCUT2D eigenvalue weighted by Gasteiger charge is 2.26. The maximum Gasteiger partial charge on any atom is 0.257 e. The van der Waals surface area contributed by atoms with Crippen molar-refractivity contribution < 1.29 is 4.79 Å². The third-order valence-corrected chi connectivity index (χ3v) is 2.98. The molecule has 5 nitrogen and oxygen atoms in total. The normalized spacial score (nSPS) is 20.4. The second-order valence-corrected chi connectivity index (χ2v) is 4.32. The van der Waals surface area contributed by atoms with Crippen molar-refractivity contribution in [3.05, 3.63) is 17.5 Å². The van der Waals surface area contributed by atoms with Gasteiger partial charge < -0.3 is 10.6 Å². The second kappa shape index (κ2) is 4.25. The minimum absolute atomic E-state index is 0.0675.